The highest BCUT2D eigenvalue weighted by molar-refractivity contribution is 6.31. The lowest BCUT2D eigenvalue weighted by Crippen LogP contribution is -2.31. The van der Waals surface area contributed by atoms with Gasteiger partial charge in [-0.3, -0.25) is 4.79 Å². The molecule has 0 unspecified atom stereocenters. The summed E-state index contributed by atoms with van der Waals surface area (Å²) in [5.74, 6) is 0.989. The average molecular weight is 411 g/mol. The molecular weight excluding hydrogens is 388 g/mol. The number of hydrogen-bond donors (Lipinski definition) is 2. The van der Waals surface area contributed by atoms with E-state index in [0.717, 1.165) is 22.6 Å². The van der Waals surface area contributed by atoms with Crippen molar-refractivity contribution in [2.45, 2.75) is 33.4 Å². The van der Waals surface area contributed by atoms with Gasteiger partial charge in [0.2, 0.25) is 5.91 Å². The predicted octanol–water partition coefficient (Wildman–Crippen LogP) is 4.56. The van der Waals surface area contributed by atoms with Gasteiger partial charge in [0.25, 0.3) is 0 Å². The maximum Gasteiger partial charge on any atom is 0.239 e. The summed E-state index contributed by atoms with van der Waals surface area (Å²) in [5.41, 5.74) is 3.13. The number of anilines is 1. The lowest BCUT2D eigenvalue weighted by molar-refractivity contribution is -0.115. The van der Waals surface area contributed by atoms with Crippen LogP contribution >= 0.6 is 11.6 Å². The number of nitrogens with zero attached hydrogens (tertiary/aromatic N) is 2. The van der Waals surface area contributed by atoms with E-state index in [1.165, 1.54) is 0 Å². The van der Waals surface area contributed by atoms with Crippen LogP contribution in [-0.2, 0) is 11.3 Å². The van der Waals surface area contributed by atoms with Crippen LogP contribution < -0.4 is 10.6 Å². The Labute approximate surface area is 175 Å². The molecule has 0 radical (unpaired) electrons. The molecule has 0 aliphatic rings. The van der Waals surface area contributed by atoms with Gasteiger partial charge in [0.1, 0.15) is 17.6 Å². The second kappa shape index (κ2) is 8.99. The molecule has 7 heteroatoms. The Kier molecular flexibility index (Phi) is 6.42. The number of rotatable bonds is 7. The summed E-state index contributed by atoms with van der Waals surface area (Å²) < 4.78 is 7.32. The highest BCUT2D eigenvalue weighted by Crippen LogP contribution is 2.27. The first-order valence-corrected chi connectivity index (χ1v) is 9.70. The van der Waals surface area contributed by atoms with E-state index in [0.29, 0.717) is 22.9 Å². The van der Waals surface area contributed by atoms with Gasteiger partial charge in [0.05, 0.1) is 24.9 Å². The first kappa shape index (κ1) is 20.7. The van der Waals surface area contributed by atoms with E-state index in [1.807, 2.05) is 61.7 Å². The molecule has 0 fully saturated rings. The second-order valence-electron chi connectivity index (χ2n) is 6.88. The van der Waals surface area contributed by atoms with Crippen molar-refractivity contribution in [1.82, 2.24) is 9.88 Å². The zero-order valence-electron chi connectivity index (χ0n) is 16.6. The Morgan fingerprint density at radius 1 is 1.28 bits per heavy atom. The first-order valence-electron chi connectivity index (χ1n) is 9.32. The molecule has 2 N–H and O–H groups in total. The lowest BCUT2D eigenvalue weighted by Gasteiger charge is -2.16. The molecule has 0 aliphatic carbocycles. The van der Waals surface area contributed by atoms with Crippen molar-refractivity contribution in [3.05, 3.63) is 75.8 Å². The summed E-state index contributed by atoms with van der Waals surface area (Å²) in [7, 11) is 0. The Balaban J connectivity index is 1.75. The number of carbonyl (C=O) groups is 1. The molecule has 0 bridgehead atoms. The minimum atomic E-state index is -0.237. The molecule has 0 saturated carbocycles. The summed E-state index contributed by atoms with van der Waals surface area (Å²) in [6, 6.07) is 13.3. The number of carbonyl (C=O) groups excluding carboxylic acids is 1. The van der Waals surface area contributed by atoms with Gasteiger partial charge in [-0.2, -0.15) is 5.26 Å². The van der Waals surface area contributed by atoms with Gasteiger partial charge in [0, 0.05) is 16.8 Å². The summed E-state index contributed by atoms with van der Waals surface area (Å²) in [4.78, 5) is 12.6. The summed E-state index contributed by atoms with van der Waals surface area (Å²) >= 11 is 6.22. The fourth-order valence-corrected chi connectivity index (χ4v) is 3.54. The van der Waals surface area contributed by atoms with Gasteiger partial charge in [-0.05, 0) is 50.1 Å². The van der Waals surface area contributed by atoms with Crippen LogP contribution in [0.3, 0.4) is 0 Å². The normalized spacial score (nSPS) is 11.8. The van der Waals surface area contributed by atoms with Gasteiger partial charge >= 0.3 is 0 Å². The van der Waals surface area contributed by atoms with Gasteiger partial charge in [-0.1, -0.05) is 29.8 Å². The van der Waals surface area contributed by atoms with Crippen LogP contribution in [0.1, 0.15) is 41.1 Å². The molecule has 1 amide bonds. The van der Waals surface area contributed by atoms with Crippen molar-refractivity contribution in [1.29, 1.82) is 5.26 Å². The van der Waals surface area contributed by atoms with Gasteiger partial charge in [-0.25, -0.2) is 0 Å². The van der Waals surface area contributed by atoms with Crippen LogP contribution in [0.25, 0.3) is 0 Å². The molecule has 1 atom stereocenters. The van der Waals surface area contributed by atoms with Crippen LogP contribution in [0.15, 0.2) is 47.1 Å². The summed E-state index contributed by atoms with van der Waals surface area (Å²) in [6.45, 7) is 6.26. The lowest BCUT2D eigenvalue weighted by atomic mass is 10.1. The molecular formula is C22H23ClN4O2. The number of amides is 1. The molecule has 3 rings (SSSR count). The molecule has 2 heterocycles. The number of hydrogen-bond acceptors (Lipinski definition) is 4. The highest BCUT2D eigenvalue weighted by atomic mass is 35.5. The van der Waals surface area contributed by atoms with Gasteiger partial charge in [0.15, 0.2) is 0 Å². The maximum atomic E-state index is 12.6. The van der Waals surface area contributed by atoms with Crippen molar-refractivity contribution in [2.24, 2.45) is 0 Å². The van der Waals surface area contributed by atoms with Crippen molar-refractivity contribution in [3.63, 3.8) is 0 Å². The highest BCUT2D eigenvalue weighted by Gasteiger charge is 2.20. The van der Waals surface area contributed by atoms with E-state index in [4.69, 9.17) is 16.0 Å². The van der Waals surface area contributed by atoms with Crippen LogP contribution in [0.4, 0.5) is 5.82 Å². The summed E-state index contributed by atoms with van der Waals surface area (Å²) in [6.07, 6.45) is 1.60. The average Bonchev–Trinajstić information content (AvgIpc) is 3.29. The quantitative estimate of drug-likeness (QED) is 0.598. The number of furan rings is 1. The van der Waals surface area contributed by atoms with Gasteiger partial charge in [-0.15, -0.1) is 0 Å². The third-order valence-corrected chi connectivity index (χ3v) is 5.38. The fraction of sp³-hybridized carbons (Fsp3) is 0.273. The largest absolute Gasteiger partial charge is 0.467 e. The maximum absolute atomic E-state index is 12.6. The molecule has 0 saturated heterocycles. The number of benzene rings is 1. The van der Waals surface area contributed by atoms with Gasteiger partial charge < -0.3 is 19.6 Å². The van der Waals surface area contributed by atoms with E-state index in [1.54, 1.807) is 6.26 Å². The first-order chi connectivity index (χ1) is 13.9. The van der Waals surface area contributed by atoms with Crippen molar-refractivity contribution < 1.29 is 9.21 Å². The third-order valence-electron chi connectivity index (χ3n) is 5.03. The number of aromatic nitrogens is 1. The Hall–Kier alpha value is -3.01. The zero-order valence-corrected chi connectivity index (χ0v) is 17.4. The van der Waals surface area contributed by atoms with E-state index in [9.17, 15) is 10.1 Å². The molecule has 0 spiro atoms. The Morgan fingerprint density at radius 2 is 2.03 bits per heavy atom. The molecule has 6 nitrogen and oxygen atoms in total. The van der Waals surface area contributed by atoms with E-state index in [2.05, 4.69) is 16.7 Å². The topological polar surface area (TPSA) is 83.0 Å². The van der Waals surface area contributed by atoms with Crippen LogP contribution in [0.2, 0.25) is 5.02 Å². The fourth-order valence-electron chi connectivity index (χ4n) is 3.24. The smallest absolute Gasteiger partial charge is 0.239 e. The minimum Gasteiger partial charge on any atom is -0.467 e. The Morgan fingerprint density at radius 3 is 2.69 bits per heavy atom. The molecule has 0 aliphatic heterocycles. The minimum absolute atomic E-state index is 0.0846. The van der Waals surface area contributed by atoms with Crippen molar-refractivity contribution >= 4 is 23.3 Å². The van der Waals surface area contributed by atoms with E-state index >= 15 is 0 Å². The predicted molar refractivity (Wildman–Crippen MR) is 113 cm³/mol. The number of nitriles is 1. The molecule has 150 valence electrons. The third kappa shape index (κ3) is 4.53. The van der Waals surface area contributed by atoms with Crippen molar-refractivity contribution in [2.75, 3.05) is 11.9 Å². The second-order valence-corrected chi connectivity index (χ2v) is 7.29. The van der Waals surface area contributed by atoms with E-state index < -0.39 is 0 Å². The van der Waals surface area contributed by atoms with Crippen LogP contribution in [0.5, 0.6) is 0 Å². The number of nitrogens with one attached hydrogen (secondary N) is 2. The van der Waals surface area contributed by atoms with E-state index in [-0.39, 0.29) is 18.5 Å². The molecule has 2 aromatic heterocycles. The van der Waals surface area contributed by atoms with Crippen molar-refractivity contribution in [3.8, 4) is 6.07 Å². The zero-order chi connectivity index (χ0) is 21.0. The number of halogens is 1. The molecule has 1 aromatic carbocycles. The SMILES string of the molecule is Cc1c(C#N)c(NC(=O)CN[C@@H](C)c2ccccc2Cl)n(Cc2ccco2)c1C. The van der Waals surface area contributed by atoms with Crippen LogP contribution in [0, 0.1) is 25.2 Å². The molecule has 3 aromatic rings. The van der Waals surface area contributed by atoms with Crippen LogP contribution in [-0.4, -0.2) is 17.0 Å². The Bertz CT molecular complexity index is 1050. The summed E-state index contributed by atoms with van der Waals surface area (Å²) in [5, 5.41) is 16.3. The standard InChI is InChI=1S/C22H23ClN4O2/c1-14-16(3)27(13-17-7-6-10-29-17)22(19(14)11-24)26-21(28)12-25-15(2)18-8-4-5-9-20(18)23/h4-10,15,25H,12-13H2,1-3H3,(H,26,28)/t15-/m0/s1. The monoisotopic (exact) mass is 410 g/mol. The molecule has 29 heavy (non-hydrogen) atoms.